The SMILES string of the molecule is CC.CCCNCc1cccc(O)c1Cl. The molecule has 86 valence electrons. The van der Waals surface area contributed by atoms with Gasteiger partial charge in [0.15, 0.2) is 0 Å². The Morgan fingerprint density at radius 2 is 2.00 bits per heavy atom. The molecule has 0 atom stereocenters. The monoisotopic (exact) mass is 229 g/mol. The molecule has 0 aliphatic carbocycles. The molecule has 1 aromatic carbocycles. The standard InChI is InChI=1S/C10H14ClNO.C2H6/c1-2-6-12-7-8-4-3-5-9(13)10(8)11;1-2/h3-5,12-13H,2,6-7H2,1H3;1-2H3. The summed E-state index contributed by atoms with van der Waals surface area (Å²) in [5, 5.41) is 13.0. The van der Waals surface area contributed by atoms with E-state index in [4.69, 9.17) is 11.6 Å². The summed E-state index contributed by atoms with van der Waals surface area (Å²) in [6, 6.07) is 5.29. The average molecular weight is 230 g/mol. The zero-order valence-electron chi connectivity index (χ0n) is 9.68. The van der Waals surface area contributed by atoms with Crippen molar-refractivity contribution in [3.63, 3.8) is 0 Å². The van der Waals surface area contributed by atoms with Crippen molar-refractivity contribution in [3.05, 3.63) is 28.8 Å². The summed E-state index contributed by atoms with van der Waals surface area (Å²) in [6.07, 6.45) is 1.09. The van der Waals surface area contributed by atoms with Crippen molar-refractivity contribution in [2.24, 2.45) is 0 Å². The topological polar surface area (TPSA) is 32.3 Å². The maximum atomic E-state index is 9.30. The van der Waals surface area contributed by atoms with Crippen molar-refractivity contribution in [1.29, 1.82) is 0 Å². The molecule has 2 N–H and O–H groups in total. The van der Waals surface area contributed by atoms with E-state index in [1.54, 1.807) is 12.1 Å². The van der Waals surface area contributed by atoms with E-state index < -0.39 is 0 Å². The van der Waals surface area contributed by atoms with Gasteiger partial charge < -0.3 is 10.4 Å². The summed E-state index contributed by atoms with van der Waals surface area (Å²) >= 11 is 5.88. The van der Waals surface area contributed by atoms with Gasteiger partial charge in [-0.25, -0.2) is 0 Å². The van der Waals surface area contributed by atoms with Crippen LogP contribution in [0.25, 0.3) is 0 Å². The van der Waals surface area contributed by atoms with E-state index in [1.165, 1.54) is 0 Å². The molecule has 0 aromatic heterocycles. The molecular weight excluding hydrogens is 210 g/mol. The molecule has 0 radical (unpaired) electrons. The smallest absolute Gasteiger partial charge is 0.134 e. The Bertz CT molecular complexity index is 276. The molecular formula is C12H20ClNO. The number of phenols is 1. The van der Waals surface area contributed by atoms with Crippen LogP contribution in [0.1, 0.15) is 32.8 Å². The Hall–Kier alpha value is -0.730. The maximum absolute atomic E-state index is 9.30. The molecule has 0 unspecified atom stereocenters. The number of aromatic hydroxyl groups is 1. The highest BCUT2D eigenvalue weighted by atomic mass is 35.5. The van der Waals surface area contributed by atoms with Crippen LogP contribution in [0.3, 0.4) is 0 Å². The molecule has 1 aromatic rings. The molecule has 0 fully saturated rings. The zero-order chi connectivity index (χ0) is 11.7. The van der Waals surface area contributed by atoms with Gasteiger partial charge in [0.05, 0.1) is 5.02 Å². The minimum absolute atomic E-state index is 0.150. The molecule has 0 saturated carbocycles. The van der Waals surface area contributed by atoms with Gasteiger partial charge in [-0.2, -0.15) is 0 Å². The summed E-state index contributed by atoms with van der Waals surface area (Å²) in [7, 11) is 0. The lowest BCUT2D eigenvalue weighted by atomic mass is 10.2. The van der Waals surface area contributed by atoms with Crippen molar-refractivity contribution in [2.45, 2.75) is 33.7 Å². The second-order valence-electron chi connectivity index (χ2n) is 2.93. The first-order valence-corrected chi connectivity index (χ1v) is 5.80. The molecule has 0 bridgehead atoms. The minimum atomic E-state index is 0.150. The van der Waals surface area contributed by atoms with Crippen LogP contribution in [0.2, 0.25) is 5.02 Å². The Kier molecular flexibility index (Phi) is 8.15. The largest absolute Gasteiger partial charge is 0.506 e. The van der Waals surface area contributed by atoms with E-state index in [2.05, 4.69) is 12.2 Å². The summed E-state index contributed by atoms with van der Waals surface area (Å²) in [5.74, 6) is 0.150. The van der Waals surface area contributed by atoms with Crippen molar-refractivity contribution in [2.75, 3.05) is 6.54 Å². The van der Waals surface area contributed by atoms with E-state index in [0.717, 1.165) is 18.5 Å². The van der Waals surface area contributed by atoms with E-state index in [1.807, 2.05) is 19.9 Å². The molecule has 0 amide bonds. The van der Waals surface area contributed by atoms with E-state index >= 15 is 0 Å². The second-order valence-corrected chi connectivity index (χ2v) is 3.30. The summed E-state index contributed by atoms with van der Waals surface area (Å²) < 4.78 is 0. The third-order valence-corrected chi connectivity index (χ3v) is 2.24. The summed E-state index contributed by atoms with van der Waals surface area (Å²) in [6.45, 7) is 7.78. The number of hydrogen-bond donors (Lipinski definition) is 2. The third-order valence-electron chi connectivity index (χ3n) is 1.80. The number of hydrogen-bond acceptors (Lipinski definition) is 2. The molecule has 3 heteroatoms. The normalized spacial score (nSPS) is 9.33. The first kappa shape index (κ1) is 14.3. The van der Waals surface area contributed by atoms with Crippen LogP contribution in [0.15, 0.2) is 18.2 Å². The summed E-state index contributed by atoms with van der Waals surface area (Å²) in [5.41, 5.74) is 0.940. The number of halogens is 1. The lowest BCUT2D eigenvalue weighted by molar-refractivity contribution is 0.474. The van der Waals surface area contributed by atoms with Gasteiger partial charge in [-0.15, -0.1) is 0 Å². The molecule has 0 spiro atoms. The van der Waals surface area contributed by atoms with Gasteiger partial charge in [-0.1, -0.05) is 44.5 Å². The predicted octanol–water partition coefficient (Wildman–Crippen LogP) is 3.57. The van der Waals surface area contributed by atoms with E-state index in [0.29, 0.717) is 11.6 Å². The van der Waals surface area contributed by atoms with Gasteiger partial charge in [-0.3, -0.25) is 0 Å². The molecule has 15 heavy (non-hydrogen) atoms. The van der Waals surface area contributed by atoms with Gasteiger partial charge in [0.1, 0.15) is 5.75 Å². The van der Waals surface area contributed by atoms with Crippen molar-refractivity contribution in [3.8, 4) is 5.75 Å². The Labute approximate surface area is 97.3 Å². The van der Waals surface area contributed by atoms with E-state index in [9.17, 15) is 5.11 Å². The van der Waals surface area contributed by atoms with Crippen LogP contribution >= 0.6 is 11.6 Å². The number of rotatable bonds is 4. The highest BCUT2D eigenvalue weighted by Crippen LogP contribution is 2.26. The molecule has 1 rings (SSSR count). The fourth-order valence-electron chi connectivity index (χ4n) is 1.10. The fraction of sp³-hybridized carbons (Fsp3) is 0.500. The molecule has 2 nitrogen and oxygen atoms in total. The lowest BCUT2D eigenvalue weighted by Crippen LogP contribution is -2.13. The molecule has 0 saturated heterocycles. The van der Waals surface area contributed by atoms with Crippen LogP contribution in [0.5, 0.6) is 5.75 Å². The fourth-order valence-corrected chi connectivity index (χ4v) is 1.30. The average Bonchev–Trinajstić information content (AvgIpc) is 2.27. The molecule has 0 aliphatic heterocycles. The minimum Gasteiger partial charge on any atom is -0.506 e. The Morgan fingerprint density at radius 1 is 1.33 bits per heavy atom. The first-order valence-electron chi connectivity index (χ1n) is 5.42. The van der Waals surface area contributed by atoms with Crippen LogP contribution in [0, 0.1) is 0 Å². The summed E-state index contributed by atoms with van der Waals surface area (Å²) in [4.78, 5) is 0. The second kappa shape index (κ2) is 8.57. The van der Waals surface area contributed by atoms with Crippen molar-refractivity contribution < 1.29 is 5.11 Å². The molecule has 0 heterocycles. The Balaban J connectivity index is 0.000000921. The van der Waals surface area contributed by atoms with Crippen LogP contribution in [-0.2, 0) is 6.54 Å². The highest BCUT2D eigenvalue weighted by Gasteiger charge is 2.03. The van der Waals surface area contributed by atoms with Gasteiger partial charge in [-0.05, 0) is 24.6 Å². The maximum Gasteiger partial charge on any atom is 0.134 e. The molecule has 0 aliphatic rings. The van der Waals surface area contributed by atoms with Gasteiger partial charge in [0, 0.05) is 6.54 Å². The zero-order valence-corrected chi connectivity index (χ0v) is 10.4. The third kappa shape index (κ3) is 5.05. The quantitative estimate of drug-likeness (QED) is 0.774. The van der Waals surface area contributed by atoms with Gasteiger partial charge in [0.2, 0.25) is 0 Å². The van der Waals surface area contributed by atoms with Gasteiger partial charge in [0.25, 0.3) is 0 Å². The predicted molar refractivity (Wildman–Crippen MR) is 66.5 cm³/mol. The van der Waals surface area contributed by atoms with Crippen LogP contribution in [-0.4, -0.2) is 11.7 Å². The number of nitrogens with one attached hydrogen (secondary N) is 1. The van der Waals surface area contributed by atoms with Crippen LogP contribution in [0.4, 0.5) is 0 Å². The Morgan fingerprint density at radius 3 is 2.60 bits per heavy atom. The van der Waals surface area contributed by atoms with Crippen molar-refractivity contribution >= 4 is 11.6 Å². The first-order chi connectivity index (χ1) is 7.25. The van der Waals surface area contributed by atoms with Gasteiger partial charge >= 0.3 is 0 Å². The van der Waals surface area contributed by atoms with Crippen molar-refractivity contribution in [1.82, 2.24) is 5.32 Å². The number of phenolic OH excluding ortho intramolecular Hbond substituents is 1. The number of benzene rings is 1. The van der Waals surface area contributed by atoms with Crippen LogP contribution < -0.4 is 5.32 Å². The van der Waals surface area contributed by atoms with E-state index in [-0.39, 0.29) is 5.75 Å². The lowest BCUT2D eigenvalue weighted by Gasteiger charge is -2.06. The highest BCUT2D eigenvalue weighted by molar-refractivity contribution is 6.32.